The van der Waals surface area contributed by atoms with Crippen LogP contribution in [-0.2, 0) is 0 Å². The van der Waals surface area contributed by atoms with Gasteiger partial charge in [0.2, 0.25) is 0 Å². The normalized spacial score (nSPS) is 10.9. The van der Waals surface area contributed by atoms with Gasteiger partial charge in [0, 0.05) is 5.02 Å². The molecule has 0 aromatic heterocycles. The predicted molar refractivity (Wildman–Crippen MR) is 79.1 cm³/mol. The molecular formula is C13H8Cl3FN2. The summed E-state index contributed by atoms with van der Waals surface area (Å²) in [6, 6.07) is 9.14. The molecule has 2 aromatic carbocycles. The highest BCUT2D eigenvalue weighted by molar-refractivity contribution is 6.41. The molecule has 98 valence electrons. The van der Waals surface area contributed by atoms with Crippen molar-refractivity contribution in [2.45, 2.75) is 0 Å². The maximum absolute atomic E-state index is 13.0. The number of benzene rings is 2. The van der Waals surface area contributed by atoms with Crippen LogP contribution in [-0.4, -0.2) is 6.21 Å². The third-order valence-corrected chi connectivity index (χ3v) is 3.06. The average molecular weight is 318 g/mol. The molecular weight excluding hydrogens is 310 g/mol. The molecule has 19 heavy (non-hydrogen) atoms. The van der Waals surface area contributed by atoms with Crippen LogP contribution in [0.3, 0.4) is 0 Å². The summed E-state index contributed by atoms with van der Waals surface area (Å²) in [5.74, 6) is -0.327. The zero-order valence-corrected chi connectivity index (χ0v) is 11.8. The van der Waals surface area contributed by atoms with Gasteiger partial charge in [-0.15, -0.1) is 0 Å². The van der Waals surface area contributed by atoms with Crippen molar-refractivity contribution in [3.8, 4) is 0 Å². The van der Waals surface area contributed by atoms with E-state index in [9.17, 15) is 4.39 Å². The van der Waals surface area contributed by atoms with E-state index in [1.807, 2.05) is 0 Å². The Kier molecular flexibility index (Phi) is 4.64. The number of hydrogen-bond donors (Lipinski definition) is 1. The lowest BCUT2D eigenvalue weighted by atomic mass is 10.2. The molecule has 2 nitrogen and oxygen atoms in total. The van der Waals surface area contributed by atoms with Crippen LogP contribution in [0.1, 0.15) is 5.56 Å². The summed E-state index contributed by atoms with van der Waals surface area (Å²) in [6.07, 6.45) is 1.46. The lowest BCUT2D eigenvalue weighted by Crippen LogP contribution is -1.93. The van der Waals surface area contributed by atoms with Gasteiger partial charge < -0.3 is 0 Å². The minimum Gasteiger partial charge on any atom is -0.275 e. The molecule has 2 aromatic rings. The van der Waals surface area contributed by atoms with E-state index >= 15 is 0 Å². The fourth-order valence-corrected chi connectivity index (χ4v) is 2.31. The van der Waals surface area contributed by atoms with E-state index in [0.717, 1.165) is 0 Å². The largest absolute Gasteiger partial charge is 0.275 e. The first-order valence-electron chi connectivity index (χ1n) is 5.25. The maximum Gasteiger partial charge on any atom is 0.123 e. The second-order valence-corrected chi connectivity index (χ2v) is 4.92. The first kappa shape index (κ1) is 14.1. The van der Waals surface area contributed by atoms with Crippen molar-refractivity contribution < 1.29 is 4.39 Å². The number of nitrogens with zero attached hydrogens (tertiary/aromatic N) is 1. The van der Waals surface area contributed by atoms with Gasteiger partial charge in [-0.3, -0.25) is 5.43 Å². The Balaban J connectivity index is 2.15. The van der Waals surface area contributed by atoms with Crippen LogP contribution in [0, 0.1) is 5.82 Å². The van der Waals surface area contributed by atoms with Gasteiger partial charge in [0.05, 0.1) is 21.9 Å². The molecule has 6 heteroatoms. The smallest absolute Gasteiger partial charge is 0.123 e. The van der Waals surface area contributed by atoms with Crippen molar-refractivity contribution in [1.29, 1.82) is 0 Å². The third kappa shape index (κ3) is 3.83. The lowest BCUT2D eigenvalue weighted by molar-refractivity contribution is 0.627. The van der Waals surface area contributed by atoms with Gasteiger partial charge in [-0.2, -0.15) is 5.10 Å². The van der Waals surface area contributed by atoms with Crippen LogP contribution < -0.4 is 5.43 Å². The number of halogens is 4. The molecule has 0 saturated carbocycles. The lowest BCUT2D eigenvalue weighted by Gasteiger charge is -2.06. The van der Waals surface area contributed by atoms with E-state index in [1.165, 1.54) is 18.3 Å². The Morgan fingerprint density at radius 1 is 1.05 bits per heavy atom. The minimum atomic E-state index is -0.327. The quantitative estimate of drug-likeness (QED) is 0.608. The van der Waals surface area contributed by atoms with E-state index < -0.39 is 0 Å². The molecule has 0 amide bonds. The van der Waals surface area contributed by atoms with Crippen molar-refractivity contribution >= 4 is 46.7 Å². The molecule has 0 radical (unpaired) electrons. The molecule has 0 fully saturated rings. The zero-order valence-electron chi connectivity index (χ0n) is 9.50. The van der Waals surface area contributed by atoms with Crippen LogP contribution in [0.15, 0.2) is 41.5 Å². The first-order valence-corrected chi connectivity index (χ1v) is 6.39. The summed E-state index contributed by atoms with van der Waals surface area (Å²) >= 11 is 17.7. The number of nitrogens with one attached hydrogen (secondary N) is 1. The van der Waals surface area contributed by atoms with Crippen molar-refractivity contribution in [3.05, 3.63) is 62.8 Å². The summed E-state index contributed by atoms with van der Waals surface area (Å²) in [5, 5.41) is 5.10. The Morgan fingerprint density at radius 3 is 2.37 bits per heavy atom. The fraction of sp³-hybridized carbons (Fsp3) is 0. The van der Waals surface area contributed by atoms with E-state index in [1.54, 1.807) is 24.3 Å². The van der Waals surface area contributed by atoms with Gasteiger partial charge in [-0.05, 0) is 29.8 Å². The van der Waals surface area contributed by atoms with E-state index in [0.29, 0.717) is 26.3 Å². The Hall–Kier alpha value is -1.29. The zero-order chi connectivity index (χ0) is 13.8. The monoisotopic (exact) mass is 316 g/mol. The molecule has 0 aliphatic heterocycles. The Bertz CT molecular complexity index is 606. The van der Waals surface area contributed by atoms with Crippen molar-refractivity contribution in [1.82, 2.24) is 0 Å². The van der Waals surface area contributed by atoms with Crippen LogP contribution in [0.2, 0.25) is 15.1 Å². The SMILES string of the molecule is Fc1cccc(C=NNc2c(Cl)cc(Cl)cc2Cl)c1. The standard InChI is InChI=1S/C13H8Cl3FN2/c14-9-5-11(15)13(12(16)6-9)19-18-7-8-2-1-3-10(17)4-8/h1-7,19H. The van der Waals surface area contributed by atoms with Crippen molar-refractivity contribution in [2.24, 2.45) is 5.10 Å². The van der Waals surface area contributed by atoms with Gasteiger partial charge in [0.15, 0.2) is 0 Å². The number of hydrazone groups is 1. The Morgan fingerprint density at radius 2 is 1.74 bits per heavy atom. The van der Waals surface area contributed by atoms with Gasteiger partial charge in [0.25, 0.3) is 0 Å². The Labute approximate surface area is 124 Å². The molecule has 0 atom stereocenters. The second-order valence-electron chi connectivity index (χ2n) is 3.67. The van der Waals surface area contributed by atoms with Crippen LogP contribution >= 0.6 is 34.8 Å². The summed E-state index contributed by atoms with van der Waals surface area (Å²) in [6.45, 7) is 0. The first-order chi connectivity index (χ1) is 9.06. The van der Waals surface area contributed by atoms with Crippen molar-refractivity contribution in [2.75, 3.05) is 5.43 Å². The minimum absolute atomic E-state index is 0.327. The molecule has 0 unspecified atom stereocenters. The summed E-state index contributed by atoms with van der Waals surface area (Å²) in [4.78, 5) is 0. The summed E-state index contributed by atoms with van der Waals surface area (Å²) in [7, 11) is 0. The van der Waals surface area contributed by atoms with E-state index in [2.05, 4.69) is 10.5 Å². The van der Waals surface area contributed by atoms with Crippen LogP contribution in [0.4, 0.5) is 10.1 Å². The summed E-state index contributed by atoms with van der Waals surface area (Å²) in [5.41, 5.74) is 3.76. The molecule has 0 spiro atoms. The molecule has 0 bridgehead atoms. The number of anilines is 1. The fourth-order valence-electron chi connectivity index (χ4n) is 1.41. The number of rotatable bonds is 3. The average Bonchev–Trinajstić information content (AvgIpc) is 2.32. The van der Waals surface area contributed by atoms with Crippen molar-refractivity contribution in [3.63, 3.8) is 0 Å². The van der Waals surface area contributed by atoms with E-state index in [-0.39, 0.29) is 5.82 Å². The third-order valence-electron chi connectivity index (χ3n) is 2.25. The molecule has 0 aliphatic carbocycles. The highest BCUT2D eigenvalue weighted by Crippen LogP contribution is 2.33. The second kappa shape index (κ2) is 6.24. The summed E-state index contributed by atoms with van der Waals surface area (Å²) < 4.78 is 13.0. The molecule has 0 saturated heterocycles. The number of hydrogen-bond acceptors (Lipinski definition) is 2. The van der Waals surface area contributed by atoms with Gasteiger partial charge in [0.1, 0.15) is 5.82 Å². The molecule has 0 heterocycles. The maximum atomic E-state index is 13.0. The van der Waals surface area contributed by atoms with Gasteiger partial charge >= 0.3 is 0 Å². The van der Waals surface area contributed by atoms with Gasteiger partial charge in [-0.1, -0.05) is 46.9 Å². The predicted octanol–water partition coefficient (Wildman–Crippen LogP) is 5.23. The highest BCUT2D eigenvalue weighted by Gasteiger charge is 2.06. The topological polar surface area (TPSA) is 24.4 Å². The molecule has 2 rings (SSSR count). The molecule has 1 N–H and O–H groups in total. The van der Waals surface area contributed by atoms with E-state index in [4.69, 9.17) is 34.8 Å². The highest BCUT2D eigenvalue weighted by atomic mass is 35.5. The van der Waals surface area contributed by atoms with Gasteiger partial charge in [-0.25, -0.2) is 4.39 Å². The van der Waals surface area contributed by atoms with Crippen LogP contribution in [0.25, 0.3) is 0 Å². The van der Waals surface area contributed by atoms with Crippen LogP contribution in [0.5, 0.6) is 0 Å². The molecule has 0 aliphatic rings.